The van der Waals surface area contributed by atoms with E-state index < -0.39 is 16.7 Å². The molecule has 0 aromatic heterocycles. The summed E-state index contributed by atoms with van der Waals surface area (Å²) in [6.07, 6.45) is 0. The number of anilines is 2. The Balaban J connectivity index is 2.08. The van der Waals surface area contributed by atoms with E-state index in [9.17, 15) is 20.0 Å². The van der Waals surface area contributed by atoms with E-state index in [1.807, 2.05) is 0 Å². The first-order chi connectivity index (χ1) is 9.95. The Labute approximate surface area is 124 Å². The highest BCUT2D eigenvalue weighted by Crippen LogP contribution is 2.28. The summed E-state index contributed by atoms with van der Waals surface area (Å²) in [6.45, 7) is 0. The third kappa shape index (κ3) is 3.83. The average Bonchev–Trinajstić information content (AvgIpc) is 2.40. The maximum absolute atomic E-state index is 11.8. The third-order valence-electron chi connectivity index (χ3n) is 2.52. The summed E-state index contributed by atoms with van der Waals surface area (Å²) in [5, 5.41) is 25.5. The lowest BCUT2D eigenvalue weighted by atomic mass is 10.2. The predicted molar refractivity (Wildman–Crippen MR) is 78.9 cm³/mol. The van der Waals surface area contributed by atoms with Gasteiger partial charge in [-0.2, -0.15) is 0 Å². The normalized spacial score (nSPS) is 9.95. The molecule has 0 unspecified atom stereocenters. The smallest absolute Gasteiger partial charge is 0.323 e. The summed E-state index contributed by atoms with van der Waals surface area (Å²) in [6, 6.07) is 9.28. The van der Waals surface area contributed by atoms with Crippen LogP contribution in [0, 0.1) is 10.1 Å². The number of non-ortho nitro benzene ring substituents is 1. The molecule has 0 aliphatic carbocycles. The van der Waals surface area contributed by atoms with Crippen LogP contribution >= 0.6 is 11.6 Å². The van der Waals surface area contributed by atoms with Gasteiger partial charge >= 0.3 is 6.03 Å². The topological polar surface area (TPSA) is 104 Å². The molecule has 0 atom stereocenters. The maximum Gasteiger partial charge on any atom is 0.323 e. The first-order valence-electron chi connectivity index (χ1n) is 5.76. The summed E-state index contributed by atoms with van der Waals surface area (Å²) in [5.41, 5.74) is 0.259. The van der Waals surface area contributed by atoms with E-state index >= 15 is 0 Å². The number of rotatable bonds is 3. The van der Waals surface area contributed by atoms with Crippen LogP contribution in [0.2, 0.25) is 5.02 Å². The Morgan fingerprint density at radius 1 is 1.19 bits per heavy atom. The van der Waals surface area contributed by atoms with Crippen molar-refractivity contribution in [2.75, 3.05) is 10.6 Å². The van der Waals surface area contributed by atoms with Gasteiger partial charge in [0.15, 0.2) is 0 Å². The van der Waals surface area contributed by atoms with E-state index in [1.165, 1.54) is 12.1 Å². The fourth-order valence-corrected chi connectivity index (χ4v) is 1.78. The number of urea groups is 1. The summed E-state index contributed by atoms with van der Waals surface area (Å²) >= 11 is 5.79. The number of nitrogens with zero attached hydrogens (tertiary/aromatic N) is 1. The molecule has 0 saturated heterocycles. The molecule has 0 fully saturated rings. The number of phenolic OH excluding ortho intramolecular Hbond substituents is 1. The summed E-state index contributed by atoms with van der Waals surface area (Å²) in [7, 11) is 0. The van der Waals surface area contributed by atoms with Gasteiger partial charge in [0.1, 0.15) is 5.75 Å². The van der Waals surface area contributed by atoms with Crippen molar-refractivity contribution in [1.29, 1.82) is 0 Å². The molecular weight excluding hydrogens is 298 g/mol. The molecule has 0 radical (unpaired) electrons. The van der Waals surface area contributed by atoms with Crippen LogP contribution in [-0.4, -0.2) is 16.1 Å². The molecule has 0 heterocycles. The summed E-state index contributed by atoms with van der Waals surface area (Å²) in [4.78, 5) is 21.7. The van der Waals surface area contributed by atoms with Gasteiger partial charge in [-0.25, -0.2) is 4.79 Å². The monoisotopic (exact) mass is 307 g/mol. The molecular formula is C13H10ClN3O4. The Morgan fingerprint density at radius 3 is 2.57 bits per heavy atom. The van der Waals surface area contributed by atoms with Gasteiger partial charge in [-0.15, -0.1) is 0 Å². The van der Waals surface area contributed by atoms with Crippen LogP contribution in [0.5, 0.6) is 5.75 Å². The third-order valence-corrected chi connectivity index (χ3v) is 2.76. The molecule has 2 aromatic carbocycles. The summed E-state index contributed by atoms with van der Waals surface area (Å²) < 4.78 is 0. The number of hydrogen-bond donors (Lipinski definition) is 3. The molecule has 0 bridgehead atoms. The largest absolute Gasteiger partial charge is 0.506 e. The first-order valence-corrected chi connectivity index (χ1v) is 6.14. The lowest BCUT2D eigenvalue weighted by Crippen LogP contribution is -2.19. The number of aromatic hydroxyl groups is 1. The SMILES string of the molecule is O=C(Nc1cccc(Cl)c1)Nc1ccc([N+](=O)[O-])cc1O. The van der Waals surface area contributed by atoms with Crippen molar-refractivity contribution in [3.63, 3.8) is 0 Å². The molecule has 2 rings (SSSR count). The number of phenols is 1. The highest BCUT2D eigenvalue weighted by molar-refractivity contribution is 6.30. The average molecular weight is 308 g/mol. The van der Waals surface area contributed by atoms with Gasteiger partial charge < -0.3 is 15.7 Å². The highest BCUT2D eigenvalue weighted by Gasteiger charge is 2.12. The minimum absolute atomic E-state index is 0.0557. The van der Waals surface area contributed by atoms with E-state index in [0.717, 1.165) is 6.07 Å². The molecule has 3 N–H and O–H groups in total. The van der Waals surface area contributed by atoms with Crippen LogP contribution in [0.15, 0.2) is 42.5 Å². The number of hydrogen-bond acceptors (Lipinski definition) is 4. The molecule has 0 spiro atoms. The minimum atomic E-state index is -0.643. The van der Waals surface area contributed by atoms with Gasteiger partial charge in [0.05, 0.1) is 16.7 Å². The second kappa shape index (κ2) is 6.10. The fourth-order valence-electron chi connectivity index (χ4n) is 1.59. The zero-order valence-electron chi connectivity index (χ0n) is 10.5. The van der Waals surface area contributed by atoms with Gasteiger partial charge in [0.25, 0.3) is 5.69 Å². The molecule has 0 saturated carbocycles. The predicted octanol–water partition coefficient (Wildman–Crippen LogP) is 3.60. The zero-order valence-corrected chi connectivity index (χ0v) is 11.3. The van der Waals surface area contributed by atoms with E-state index in [1.54, 1.807) is 24.3 Å². The molecule has 21 heavy (non-hydrogen) atoms. The van der Waals surface area contributed by atoms with E-state index in [0.29, 0.717) is 10.7 Å². The molecule has 7 nitrogen and oxygen atoms in total. The lowest BCUT2D eigenvalue weighted by Gasteiger charge is -2.09. The van der Waals surface area contributed by atoms with Gasteiger partial charge in [-0.1, -0.05) is 17.7 Å². The number of nitro benzene ring substituents is 1. The van der Waals surface area contributed by atoms with Crippen molar-refractivity contribution < 1.29 is 14.8 Å². The van der Waals surface area contributed by atoms with Gasteiger partial charge in [-0.05, 0) is 24.3 Å². The van der Waals surface area contributed by atoms with Gasteiger partial charge in [0.2, 0.25) is 0 Å². The number of nitro groups is 1. The summed E-state index contributed by atoms with van der Waals surface area (Å²) in [5.74, 6) is -0.398. The number of carbonyl (C=O) groups excluding carboxylic acids is 1. The second-order valence-corrected chi connectivity index (χ2v) is 4.48. The molecule has 108 valence electrons. The quantitative estimate of drug-likeness (QED) is 0.457. The number of nitrogens with one attached hydrogen (secondary N) is 2. The van der Waals surface area contributed by atoms with Crippen LogP contribution in [0.25, 0.3) is 0 Å². The number of amides is 2. The standard InChI is InChI=1S/C13H10ClN3O4/c14-8-2-1-3-9(6-8)15-13(19)16-11-5-4-10(17(20)21)7-12(11)18/h1-7,18H,(H2,15,16,19). The van der Waals surface area contributed by atoms with Crippen molar-refractivity contribution in [1.82, 2.24) is 0 Å². The zero-order chi connectivity index (χ0) is 15.4. The van der Waals surface area contributed by atoms with E-state index in [2.05, 4.69) is 10.6 Å². The Bertz CT molecular complexity index is 706. The molecule has 2 amide bonds. The Hall–Kier alpha value is -2.80. The van der Waals surface area contributed by atoms with Crippen LogP contribution in [0.4, 0.5) is 21.9 Å². The molecule has 2 aromatic rings. The fraction of sp³-hybridized carbons (Fsp3) is 0. The Morgan fingerprint density at radius 2 is 1.95 bits per heavy atom. The van der Waals surface area contributed by atoms with Crippen molar-refractivity contribution in [2.24, 2.45) is 0 Å². The van der Waals surface area contributed by atoms with Crippen LogP contribution in [0.3, 0.4) is 0 Å². The maximum atomic E-state index is 11.8. The van der Waals surface area contributed by atoms with Crippen LogP contribution in [-0.2, 0) is 0 Å². The van der Waals surface area contributed by atoms with Gasteiger partial charge in [-0.3, -0.25) is 10.1 Å². The molecule has 0 aliphatic heterocycles. The number of carbonyl (C=O) groups is 1. The van der Waals surface area contributed by atoms with Crippen molar-refractivity contribution in [2.45, 2.75) is 0 Å². The highest BCUT2D eigenvalue weighted by atomic mass is 35.5. The minimum Gasteiger partial charge on any atom is -0.506 e. The Kier molecular flexibility index (Phi) is 4.24. The molecule has 8 heteroatoms. The van der Waals surface area contributed by atoms with Crippen molar-refractivity contribution in [3.8, 4) is 5.75 Å². The van der Waals surface area contributed by atoms with Crippen LogP contribution < -0.4 is 10.6 Å². The van der Waals surface area contributed by atoms with E-state index in [-0.39, 0.29) is 11.4 Å². The van der Waals surface area contributed by atoms with Crippen LogP contribution in [0.1, 0.15) is 0 Å². The lowest BCUT2D eigenvalue weighted by molar-refractivity contribution is -0.384. The van der Waals surface area contributed by atoms with Crippen molar-refractivity contribution >= 4 is 34.7 Å². The van der Waals surface area contributed by atoms with E-state index in [4.69, 9.17) is 11.6 Å². The van der Waals surface area contributed by atoms with Gasteiger partial charge in [0, 0.05) is 16.8 Å². The second-order valence-electron chi connectivity index (χ2n) is 4.05. The number of benzene rings is 2. The first kappa shape index (κ1) is 14.6. The number of halogens is 1. The van der Waals surface area contributed by atoms with Crippen molar-refractivity contribution in [3.05, 3.63) is 57.6 Å². The molecule has 0 aliphatic rings.